The summed E-state index contributed by atoms with van der Waals surface area (Å²) in [5, 5.41) is 3.31. The van der Waals surface area contributed by atoms with Crippen LogP contribution in [0.2, 0.25) is 0 Å². The van der Waals surface area contributed by atoms with E-state index in [4.69, 9.17) is 0 Å². The first-order chi connectivity index (χ1) is 6.33. The topological polar surface area (TPSA) is 29.1 Å². The summed E-state index contributed by atoms with van der Waals surface area (Å²) in [5.41, 5.74) is 0. The van der Waals surface area contributed by atoms with Crippen molar-refractivity contribution in [1.29, 1.82) is 0 Å². The Kier molecular flexibility index (Phi) is 5.06. The van der Waals surface area contributed by atoms with Crippen LogP contribution in [0.5, 0.6) is 0 Å². The van der Waals surface area contributed by atoms with Gasteiger partial charge in [-0.1, -0.05) is 32.1 Å². The van der Waals surface area contributed by atoms with E-state index >= 15 is 0 Å². The van der Waals surface area contributed by atoms with Gasteiger partial charge in [-0.3, -0.25) is 4.79 Å². The van der Waals surface area contributed by atoms with Gasteiger partial charge in [0, 0.05) is 6.04 Å². The molecule has 1 radical (unpaired) electrons. The van der Waals surface area contributed by atoms with E-state index in [0.717, 1.165) is 0 Å². The number of hydrogen-bond acceptors (Lipinski definition) is 2. The van der Waals surface area contributed by atoms with Gasteiger partial charge < -0.3 is 5.32 Å². The molecule has 0 aromatic heterocycles. The predicted octanol–water partition coefficient (Wildman–Crippen LogP) is 2.19. The Morgan fingerprint density at radius 3 is 2.23 bits per heavy atom. The van der Waals surface area contributed by atoms with Crippen LogP contribution in [0.4, 0.5) is 0 Å². The van der Waals surface area contributed by atoms with E-state index < -0.39 is 0 Å². The van der Waals surface area contributed by atoms with Gasteiger partial charge in [-0.15, -0.1) is 0 Å². The molecule has 1 rings (SSSR count). The maximum atomic E-state index is 10.3. The summed E-state index contributed by atoms with van der Waals surface area (Å²) in [5.74, 6) is 0. The maximum absolute atomic E-state index is 10.3. The zero-order chi connectivity index (χ0) is 9.52. The van der Waals surface area contributed by atoms with E-state index in [-0.39, 0.29) is 6.04 Å². The molecule has 13 heavy (non-hydrogen) atoms. The number of nitrogens with one attached hydrogen (secondary N) is 1. The highest BCUT2D eigenvalue weighted by atomic mass is 16.1. The Hall–Kier alpha value is -0.370. The van der Waals surface area contributed by atoms with Crippen molar-refractivity contribution in [3.63, 3.8) is 0 Å². The molecule has 1 aliphatic rings. The second-order valence-electron chi connectivity index (χ2n) is 4.05. The van der Waals surface area contributed by atoms with Gasteiger partial charge in [0.1, 0.15) is 0 Å². The fourth-order valence-corrected chi connectivity index (χ4v) is 2.01. The zero-order valence-electron chi connectivity index (χ0n) is 8.51. The van der Waals surface area contributed by atoms with Gasteiger partial charge in [-0.25, -0.2) is 0 Å². The van der Waals surface area contributed by atoms with Crippen LogP contribution in [0.1, 0.15) is 51.9 Å². The highest BCUT2D eigenvalue weighted by Gasteiger charge is 2.13. The Balaban J connectivity index is 2.24. The highest BCUT2D eigenvalue weighted by molar-refractivity contribution is 5.57. The lowest BCUT2D eigenvalue weighted by molar-refractivity contribution is 0.378. The molecule has 0 heterocycles. The normalized spacial score (nSPS) is 23.2. The summed E-state index contributed by atoms with van der Waals surface area (Å²) in [6.07, 6.45) is 11.2. The van der Waals surface area contributed by atoms with E-state index in [2.05, 4.69) is 5.32 Å². The molecule has 0 saturated heterocycles. The van der Waals surface area contributed by atoms with Crippen molar-refractivity contribution < 1.29 is 4.79 Å². The van der Waals surface area contributed by atoms with Crippen LogP contribution < -0.4 is 5.32 Å². The molecule has 1 saturated carbocycles. The van der Waals surface area contributed by atoms with Gasteiger partial charge in [-0.05, 0) is 19.8 Å². The quantitative estimate of drug-likeness (QED) is 0.725. The molecule has 1 fully saturated rings. The maximum Gasteiger partial charge on any atom is 0.216 e. The summed E-state index contributed by atoms with van der Waals surface area (Å²) < 4.78 is 0. The SMILES string of the molecule is C[C@@H]([C]=O)NC1CCCCCCC1. The lowest BCUT2D eigenvalue weighted by Gasteiger charge is -2.22. The number of rotatable bonds is 3. The van der Waals surface area contributed by atoms with E-state index in [1.54, 1.807) is 0 Å². The molecular weight excluding hydrogens is 162 g/mol. The zero-order valence-corrected chi connectivity index (χ0v) is 8.51. The van der Waals surface area contributed by atoms with Gasteiger partial charge in [-0.2, -0.15) is 0 Å². The first-order valence-electron chi connectivity index (χ1n) is 5.46. The molecule has 0 unspecified atom stereocenters. The third-order valence-corrected chi connectivity index (χ3v) is 2.77. The van der Waals surface area contributed by atoms with Crippen LogP contribution >= 0.6 is 0 Å². The molecule has 75 valence electrons. The summed E-state index contributed by atoms with van der Waals surface area (Å²) in [4.78, 5) is 10.3. The standard InChI is InChI=1S/C11H20NO/c1-10(9-13)12-11-7-5-3-2-4-6-8-11/h10-12H,2-8H2,1H3/t10-/m0/s1. The second kappa shape index (κ2) is 6.14. The van der Waals surface area contributed by atoms with Crippen molar-refractivity contribution in [3.8, 4) is 0 Å². The largest absolute Gasteiger partial charge is 0.305 e. The molecule has 2 nitrogen and oxygen atoms in total. The minimum absolute atomic E-state index is 0.0931. The predicted molar refractivity (Wildman–Crippen MR) is 54.4 cm³/mol. The molecule has 1 N–H and O–H groups in total. The molecule has 0 bridgehead atoms. The summed E-state index contributed by atoms with van der Waals surface area (Å²) in [6, 6.07) is 0.459. The molecule has 0 aliphatic heterocycles. The van der Waals surface area contributed by atoms with E-state index in [9.17, 15) is 4.79 Å². The van der Waals surface area contributed by atoms with Gasteiger partial charge in [0.2, 0.25) is 6.29 Å². The van der Waals surface area contributed by atoms with Crippen LogP contribution in [0.25, 0.3) is 0 Å². The van der Waals surface area contributed by atoms with Gasteiger partial charge in [0.25, 0.3) is 0 Å². The van der Waals surface area contributed by atoms with Gasteiger partial charge in [0.15, 0.2) is 0 Å². The molecule has 1 atom stereocenters. The van der Waals surface area contributed by atoms with Crippen LogP contribution in [0, 0.1) is 0 Å². The average Bonchev–Trinajstić information content (AvgIpc) is 2.09. The smallest absolute Gasteiger partial charge is 0.216 e. The van der Waals surface area contributed by atoms with Gasteiger partial charge in [0.05, 0.1) is 6.04 Å². The third kappa shape index (κ3) is 4.41. The van der Waals surface area contributed by atoms with Crippen molar-refractivity contribution in [2.75, 3.05) is 0 Å². The Bertz CT molecular complexity index is 139. The number of hydrogen-bond donors (Lipinski definition) is 1. The first kappa shape index (κ1) is 10.7. The van der Waals surface area contributed by atoms with Crippen molar-refractivity contribution >= 4 is 6.29 Å². The van der Waals surface area contributed by atoms with Gasteiger partial charge >= 0.3 is 0 Å². The highest BCUT2D eigenvalue weighted by Crippen LogP contribution is 2.17. The van der Waals surface area contributed by atoms with Crippen LogP contribution in [-0.4, -0.2) is 18.4 Å². The fraction of sp³-hybridized carbons (Fsp3) is 0.909. The summed E-state index contributed by atoms with van der Waals surface area (Å²) in [7, 11) is 0. The lowest BCUT2D eigenvalue weighted by Crippen LogP contribution is -2.37. The summed E-state index contributed by atoms with van der Waals surface area (Å²) >= 11 is 0. The third-order valence-electron chi connectivity index (χ3n) is 2.77. The molecular formula is C11H20NO. The minimum atomic E-state index is -0.0931. The van der Waals surface area contributed by atoms with Crippen LogP contribution in [-0.2, 0) is 4.79 Å². The van der Waals surface area contributed by atoms with Crippen LogP contribution in [0.15, 0.2) is 0 Å². The molecule has 0 aromatic carbocycles. The second-order valence-corrected chi connectivity index (χ2v) is 4.05. The monoisotopic (exact) mass is 182 g/mol. The Morgan fingerprint density at radius 2 is 1.69 bits per heavy atom. The summed E-state index contributed by atoms with van der Waals surface area (Å²) in [6.45, 7) is 1.88. The van der Waals surface area contributed by atoms with Crippen molar-refractivity contribution in [2.24, 2.45) is 0 Å². The first-order valence-corrected chi connectivity index (χ1v) is 5.46. The van der Waals surface area contributed by atoms with Crippen molar-refractivity contribution in [2.45, 2.75) is 64.0 Å². The molecule has 2 heteroatoms. The fourth-order valence-electron chi connectivity index (χ4n) is 2.01. The van der Waals surface area contributed by atoms with E-state index in [1.165, 1.54) is 44.9 Å². The Morgan fingerprint density at radius 1 is 1.15 bits per heavy atom. The van der Waals surface area contributed by atoms with Crippen molar-refractivity contribution in [3.05, 3.63) is 0 Å². The number of carbonyl (C=O) groups excluding carboxylic acids is 1. The molecule has 0 aromatic rings. The minimum Gasteiger partial charge on any atom is -0.305 e. The molecule has 0 spiro atoms. The van der Waals surface area contributed by atoms with E-state index in [0.29, 0.717) is 6.04 Å². The Labute approximate surface area is 81.1 Å². The molecule has 1 aliphatic carbocycles. The molecule has 0 amide bonds. The van der Waals surface area contributed by atoms with E-state index in [1.807, 2.05) is 13.2 Å². The van der Waals surface area contributed by atoms with Crippen molar-refractivity contribution in [1.82, 2.24) is 5.32 Å². The van der Waals surface area contributed by atoms with Crippen LogP contribution in [0.3, 0.4) is 0 Å². The average molecular weight is 182 g/mol. The lowest BCUT2D eigenvalue weighted by atomic mass is 9.96.